The molecule has 2 nitrogen and oxygen atoms in total. The average Bonchev–Trinajstić information content (AvgIpc) is 3.07. The second-order valence-corrected chi connectivity index (χ2v) is 19.9. The molecule has 3 aliphatic rings. The minimum atomic E-state index is -1.54. The molecule has 2 aliphatic carbocycles. The van der Waals surface area contributed by atoms with E-state index < -0.39 is 16.4 Å². The van der Waals surface area contributed by atoms with Crippen LogP contribution < -0.4 is 10.4 Å². The highest BCUT2D eigenvalue weighted by Gasteiger charge is 2.50. The normalized spacial score (nSPS) is 18.8. The van der Waals surface area contributed by atoms with Crippen molar-refractivity contribution >= 4 is 32.8 Å². The number of ether oxygens (including phenoxy) is 1. The Balaban J connectivity index is 1.44. The van der Waals surface area contributed by atoms with Crippen molar-refractivity contribution in [1.29, 1.82) is 0 Å². The lowest BCUT2D eigenvalue weighted by Crippen LogP contribution is -2.27. The monoisotopic (exact) mass is 468 g/mol. The van der Waals surface area contributed by atoms with Gasteiger partial charge in [-0.1, -0.05) is 78.1 Å². The van der Waals surface area contributed by atoms with E-state index >= 15 is 0 Å². The third-order valence-corrected chi connectivity index (χ3v) is 11.8. The van der Waals surface area contributed by atoms with Gasteiger partial charge in [0.05, 0.1) is 12.5 Å². The van der Waals surface area contributed by atoms with Crippen LogP contribution in [0.25, 0.3) is 17.2 Å². The molecule has 1 atom stereocenters. The van der Waals surface area contributed by atoms with E-state index in [-0.39, 0.29) is 5.92 Å². The summed E-state index contributed by atoms with van der Waals surface area (Å²) in [7, 11) is -3.03. The van der Waals surface area contributed by atoms with Gasteiger partial charge in [-0.25, -0.2) is 0 Å². The summed E-state index contributed by atoms with van der Waals surface area (Å²) in [6, 6.07) is 20.3. The topological polar surface area (TPSA) is 18.5 Å². The molecule has 1 unspecified atom stereocenters. The molecular formula is C29H32O2Si2. The predicted octanol–water partition coefficient (Wildman–Crippen LogP) is 5.75. The molecule has 0 amide bonds. The first-order valence-electron chi connectivity index (χ1n) is 12.1. The van der Waals surface area contributed by atoms with Gasteiger partial charge in [0.25, 0.3) is 0 Å². The van der Waals surface area contributed by atoms with E-state index in [0.717, 1.165) is 12.2 Å². The average molecular weight is 469 g/mol. The van der Waals surface area contributed by atoms with Crippen molar-refractivity contribution in [3.05, 3.63) is 88.2 Å². The summed E-state index contributed by atoms with van der Waals surface area (Å²) in [6.45, 7) is 13.0. The first-order chi connectivity index (χ1) is 15.8. The highest BCUT2D eigenvalue weighted by molar-refractivity contribution is 7.16. The fourth-order valence-electron chi connectivity index (χ4n) is 5.86. The molecule has 3 aromatic rings. The van der Waals surface area contributed by atoms with Gasteiger partial charge in [-0.15, -0.1) is 0 Å². The summed E-state index contributed by atoms with van der Waals surface area (Å²) in [4.78, 5) is 0. The zero-order valence-corrected chi connectivity index (χ0v) is 22.3. The van der Waals surface area contributed by atoms with E-state index in [1.165, 1.54) is 33.4 Å². The molecule has 3 aromatic carbocycles. The molecule has 33 heavy (non-hydrogen) atoms. The second-order valence-electron chi connectivity index (χ2n) is 11.1. The van der Waals surface area contributed by atoms with Gasteiger partial charge in [0.15, 0.2) is 8.32 Å². The van der Waals surface area contributed by atoms with Gasteiger partial charge in [0, 0.05) is 0 Å². The Morgan fingerprint density at radius 1 is 0.939 bits per heavy atom. The van der Waals surface area contributed by atoms with Crippen LogP contribution in [0.4, 0.5) is 0 Å². The molecule has 0 radical (unpaired) electrons. The second kappa shape index (κ2) is 7.29. The van der Waals surface area contributed by atoms with Gasteiger partial charge < -0.3 is 9.16 Å². The lowest BCUT2D eigenvalue weighted by Gasteiger charge is -2.23. The van der Waals surface area contributed by atoms with Crippen molar-refractivity contribution < 1.29 is 9.16 Å². The Morgan fingerprint density at radius 3 is 2.52 bits per heavy atom. The van der Waals surface area contributed by atoms with Gasteiger partial charge in [-0.2, -0.15) is 0 Å². The Kier molecular flexibility index (Phi) is 4.67. The Hall–Kier alpha value is -2.41. The number of rotatable bonds is 6. The quantitative estimate of drug-likeness (QED) is 0.265. The van der Waals surface area contributed by atoms with E-state index in [1.54, 1.807) is 15.9 Å². The fraction of sp³-hybridized carbons (Fsp3) is 0.310. The molecule has 4 heteroatoms. The van der Waals surface area contributed by atoms with Crippen LogP contribution in [0, 0.1) is 0 Å². The third-order valence-electron chi connectivity index (χ3n) is 7.45. The molecule has 0 N–H and O–H groups in total. The first-order valence-corrected chi connectivity index (χ1v) is 18.5. The van der Waals surface area contributed by atoms with Crippen LogP contribution in [-0.4, -0.2) is 29.6 Å². The van der Waals surface area contributed by atoms with Crippen LogP contribution in [0.3, 0.4) is 0 Å². The molecule has 0 fully saturated rings. The van der Waals surface area contributed by atoms with E-state index in [9.17, 15) is 0 Å². The minimum Gasteiger partial charge on any atom is -0.495 e. The summed E-state index contributed by atoms with van der Waals surface area (Å²) in [6.07, 6.45) is 3.31. The van der Waals surface area contributed by atoms with Gasteiger partial charge in [-0.3, -0.25) is 0 Å². The third kappa shape index (κ3) is 3.38. The molecule has 168 valence electrons. The number of benzene rings is 3. The molecule has 0 saturated carbocycles. The summed E-state index contributed by atoms with van der Waals surface area (Å²) < 4.78 is 12.6. The lowest BCUT2D eigenvalue weighted by atomic mass is 9.87. The molecule has 1 aliphatic heterocycles. The summed E-state index contributed by atoms with van der Waals surface area (Å²) in [5, 5.41) is 3.31. The maximum atomic E-state index is 6.50. The van der Waals surface area contributed by atoms with E-state index in [4.69, 9.17) is 9.16 Å². The molecule has 0 saturated heterocycles. The van der Waals surface area contributed by atoms with Gasteiger partial charge >= 0.3 is 0 Å². The van der Waals surface area contributed by atoms with Crippen LogP contribution >= 0.6 is 0 Å². The SMILES string of the molecule is C[Si](C)(C)OCCOC1=Cc2ccccc2C1c1c2c(cc3c1[Si]3(C)C)-c1ccccc1C2. The molecule has 0 spiro atoms. The Bertz CT molecular complexity index is 1310. The summed E-state index contributed by atoms with van der Waals surface area (Å²) in [5.74, 6) is 1.29. The van der Waals surface area contributed by atoms with E-state index in [0.29, 0.717) is 13.2 Å². The summed E-state index contributed by atoms with van der Waals surface area (Å²) in [5.41, 5.74) is 10.1. The van der Waals surface area contributed by atoms with Crippen LogP contribution in [0.15, 0.2) is 60.4 Å². The molecule has 0 aromatic heterocycles. The minimum absolute atomic E-state index is 0.195. The number of allylic oxidation sites excluding steroid dienone is 1. The fourth-order valence-corrected chi connectivity index (χ4v) is 9.98. The first kappa shape index (κ1) is 21.1. The van der Waals surface area contributed by atoms with Crippen molar-refractivity contribution in [1.82, 2.24) is 0 Å². The van der Waals surface area contributed by atoms with E-state index in [1.807, 2.05) is 0 Å². The van der Waals surface area contributed by atoms with Crippen LogP contribution in [0.2, 0.25) is 32.7 Å². The van der Waals surface area contributed by atoms with Crippen molar-refractivity contribution in [2.24, 2.45) is 0 Å². The maximum Gasteiger partial charge on any atom is 0.183 e. The molecule has 0 bridgehead atoms. The molecule has 1 heterocycles. The highest BCUT2D eigenvalue weighted by Crippen LogP contribution is 2.48. The zero-order valence-electron chi connectivity index (χ0n) is 20.3. The Morgan fingerprint density at radius 2 is 1.70 bits per heavy atom. The number of fused-ring (bicyclic) bond motifs is 5. The number of hydrogen-bond donors (Lipinski definition) is 0. The van der Waals surface area contributed by atoms with Crippen LogP contribution in [-0.2, 0) is 15.6 Å². The van der Waals surface area contributed by atoms with Gasteiger partial charge in [0.1, 0.15) is 20.4 Å². The van der Waals surface area contributed by atoms with Crippen molar-refractivity contribution in [2.45, 2.75) is 45.1 Å². The van der Waals surface area contributed by atoms with Crippen LogP contribution in [0.5, 0.6) is 0 Å². The van der Waals surface area contributed by atoms with Crippen molar-refractivity contribution in [3.63, 3.8) is 0 Å². The summed E-state index contributed by atoms with van der Waals surface area (Å²) >= 11 is 0. The highest BCUT2D eigenvalue weighted by atomic mass is 28.4. The Labute approximate surface area is 199 Å². The maximum absolute atomic E-state index is 6.50. The van der Waals surface area contributed by atoms with Gasteiger partial charge in [-0.05, 0) is 71.1 Å². The van der Waals surface area contributed by atoms with Crippen LogP contribution in [0.1, 0.15) is 33.7 Å². The smallest absolute Gasteiger partial charge is 0.183 e. The lowest BCUT2D eigenvalue weighted by molar-refractivity contribution is 0.148. The van der Waals surface area contributed by atoms with E-state index in [2.05, 4.69) is 93.4 Å². The van der Waals surface area contributed by atoms with Crippen molar-refractivity contribution in [3.8, 4) is 11.1 Å². The number of hydrogen-bond acceptors (Lipinski definition) is 2. The van der Waals surface area contributed by atoms with Crippen molar-refractivity contribution in [2.75, 3.05) is 13.2 Å². The largest absolute Gasteiger partial charge is 0.495 e. The standard InChI is InChI=1S/C29H32O2Si2/c1-32(2,3)31-15-14-30-25-17-20-11-7-9-13-22(20)27(25)28-24-16-19-10-6-8-12-21(19)23(24)18-26-29(28)33(26,4)5/h6-13,17-18,27H,14-16H2,1-5H3. The molecule has 6 rings (SSSR count). The molecular weight excluding hydrogens is 436 g/mol. The van der Waals surface area contributed by atoms with Gasteiger partial charge in [0.2, 0.25) is 0 Å². The predicted molar refractivity (Wildman–Crippen MR) is 143 cm³/mol. The zero-order chi connectivity index (χ0) is 23.0.